The van der Waals surface area contributed by atoms with Gasteiger partial charge in [-0.15, -0.1) is 6.42 Å². The van der Waals surface area contributed by atoms with E-state index in [1.165, 1.54) is 12.8 Å². The van der Waals surface area contributed by atoms with E-state index in [9.17, 15) is 9.59 Å². The first-order valence-corrected chi connectivity index (χ1v) is 7.96. The van der Waals surface area contributed by atoms with Crippen LogP contribution in [0, 0.1) is 30.1 Å². The van der Waals surface area contributed by atoms with Gasteiger partial charge in [-0.1, -0.05) is 12.3 Å². The summed E-state index contributed by atoms with van der Waals surface area (Å²) >= 11 is 0. The molecule has 3 N–H and O–H groups in total. The smallest absolute Gasteiger partial charge is 0.238 e. The van der Waals surface area contributed by atoms with E-state index in [1.54, 1.807) is 0 Å². The molecule has 1 unspecified atom stereocenters. The predicted octanol–water partition coefficient (Wildman–Crippen LogP) is 0.0187. The highest BCUT2D eigenvalue weighted by molar-refractivity contribution is 5.84. The van der Waals surface area contributed by atoms with Crippen molar-refractivity contribution in [1.29, 1.82) is 0 Å². The number of hydrogen-bond donors (Lipinski definition) is 3. The molecule has 114 valence electrons. The largest absolute Gasteiger partial charge is 0.356 e. The number of rotatable bonds is 4. The van der Waals surface area contributed by atoms with Gasteiger partial charge >= 0.3 is 0 Å². The number of fused-ring (bicyclic) bond motifs is 1. The highest BCUT2D eigenvalue weighted by Gasteiger charge is 2.42. The summed E-state index contributed by atoms with van der Waals surface area (Å²) in [6.07, 6.45) is 10.4. The monoisotopic (exact) mass is 289 g/mol. The second-order valence-electron chi connectivity index (χ2n) is 6.48. The van der Waals surface area contributed by atoms with Crippen LogP contribution in [0.3, 0.4) is 0 Å². The van der Waals surface area contributed by atoms with Crippen LogP contribution in [-0.4, -0.2) is 37.0 Å². The second kappa shape index (κ2) is 6.07. The van der Waals surface area contributed by atoms with Crippen LogP contribution in [0.2, 0.25) is 0 Å². The Balaban J connectivity index is 1.55. The van der Waals surface area contributed by atoms with Crippen LogP contribution in [0.1, 0.15) is 32.1 Å². The number of terminal acetylenes is 1. The molecular formula is C16H23N3O2. The second-order valence-corrected chi connectivity index (χ2v) is 6.48. The quantitative estimate of drug-likeness (QED) is 0.639. The first-order chi connectivity index (χ1) is 10.2. The molecule has 0 aromatic rings. The Morgan fingerprint density at radius 3 is 3.00 bits per heavy atom. The maximum absolute atomic E-state index is 12.4. The fraction of sp³-hybridized carbons (Fsp3) is 0.750. The van der Waals surface area contributed by atoms with E-state index in [1.807, 2.05) is 0 Å². The molecule has 0 radical (unpaired) electrons. The normalized spacial score (nSPS) is 35.9. The molecule has 3 rings (SSSR count). The van der Waals surface area contributed by atoms with Gasteiger partial charge in [0.25, 0.3) is 0 Å². The standard InChI is InChI=1S/C16H23N3O2/c1-2-12(8-10-6-7-17-15(10)20)19-16(21)14-13-5-3-4-11(13)9-18-14/h1,10-14,18H,3-9H2,(H,17,20)(H,19,21)/t10-,11-,12?,13-,14-/m0/s1. The lowest BCUT2D eigenvalue weighted by molar-refractivity contribution is -0.125. The number of carbonyl (C=O) groups excluding carboxylic acids is 2. The number of amides is 2. The zero-order valence-corrected chi connectivity index (χ0v) is 12.2. The van der Waals surface area contributed by atoms with Gasteiger partial charge in [0.2, 0.25) is 11.8 Å². The summed E-state index contributed by atoms with van der Waals surface area (Å²) < 4.78 is 0. The van der Waals surface area contributed by atoms with Crippen LogP contribution in [0.25, 0.3) is 0 Å². The first-order valence-electron chi connectivity index (χ1n) is 7.96. The van der Waals surface area contributed by atoms with E-state index < -0.39 is 0 Å². The third kappa shape index (κ3) is 2.91. The molecule has 0 spiro atoms. The lowest BCUT2D eigenvalue weighted by Crippen LogP contribution is -2.48. The van der Waals surface area contributed by atoms with Gasteiger partial charge in [-0.05, 0) is 44.1 Å². The topological polar surface area (TPSA) is 70.2 Å². The molecule has 2 amide bonds. The van der Waals surface area contributed by atoms with Gasteiger partial charge in [0.1, 0.15) is 0 Å². The Morgan fingerprint density at radius 2 is 2.29 bits per heavy atom. The van der Waals surface area contributed by atoms with Crippen LogP contribution in [0.15, 0.2) is 0 Å². The fourth-order valence-corrected chi connectivity index (χ4v) is 4.06. The van der Waals surface area contributed by atoms with Gasteiger partial charge in [-0.25, -0.2) is 0 Å². The Labute approximate surface area is 125 Å². The molecule has 3 aliphatic rings. The van der Waals surface area contributed by atoms with Crippen LogP contribution in [-0.2, 0) is 9.59 Å². The molecule has 0 aromatic heterocycles. The molecule has 5 nitrogen and oxygen atoms in total. The fourth-order valence-electron chi connectivity index (χ4n) is 4.06. The average molecular weight is 289 g/mol. The van der Waals surface area contributed by atoms with Crippen molar-refractivity contribution in [1.82, 2.24) is 16.0 Å². The summed E-state index contributed by atoms with van der Waals surface area (Å²) in [5, 5.41) is 9.09. The summed E-state index contributed by atoms with van der Waals surface area (Å²) in [7, 11) is 0. The number of carbonyl (C=O) groups is 2. The van der Waals surface area contributed by atoms with Gasteiger partial charge in [0, 0.05) is 12.5 Å². The highest BCUT2D eigenvalue weighted by atomic mass is 16.2. The third-order valence-corrected chi connectivity index (χ3v) is 5.23. The molecule has 2 aliphatic heterocycles. The molecule has 0 bridgehead atoms. The van der Waals surface area contributed by atoms with Crippen molar-refractivity contribution in [3.63, 3.8) is 0 Å². The van der Waals surface area contributed by atoms with E-state index in [0.29, 0.717) is 24.8 Å². The minimum Gasteiger partial charge on any atom is -0.356 e. The number of nitrogens with one attached hydrogen (secondary N) is 3. The lowest BCUT2D eigenvalue weighted by Gasteiger charge is -2.21. The minimum absolute atomic E-state index is 0.00533. The van der Waals surface area contributed by atoms with Crippen LogP contribution >= 0.6 is 0 Å². The Hall–Kier alpha value is -1.54. The zero-order valence-electron chi connectivity index (χ0n) is 12.2. The molecule has 21 heavy (non-hydrogen) atoms. The van der Waals surface area contributed by atoms with Crippen molar-refractivity contribution in [3.8, 4) is 12.3 Å². The first kappa shape index (κ1) is 14.4. The molecule has 1 aliphatic carbocycles. The molecule has 3 fully saturated rings. The molecule has 5 heteroatoms. The van der Waals surface area contributed by atoms with E-state index in [4.69, 9.17) is 6.42 Å². The van der Waals surface area contributed by atoms with Gasteiger partial charge in [0.15, 0.2) is 0 Å². The summed E-state index contributed by atoms with van der Waals surface area (Å²) in [5.41, 5.74) is 0. The van der Waals surface area contributed by atoms with Crippen LogP contribution < -0.4 is 16.0 Å². The van der Waals surface area contributed by atoms with Crippen LogP contribution in [0.4, 0.5) is 0 Å². The van der Waals surface area contributed by atoms with Gasteiger partial charge < -0.3 is 16.0 Å². The lowest BCUT2D eigenvalue weighted by atomic mass is 9.93. The van der Waals surface area contributed by atoms with E-state index in [2.05, 4.69) is 21.9 Å². The van der Waals surface area contributed by atoms with Crippen molar-refractivity contribution >= 4 is 11.8 Å². The molecule has 2 saturated heterocycles. The van der Waals surface area contributed by atoms with Crippen molar-refractivity contribution in [3.05, 3.63) is 0 Å². The van der Waals surface area contributed by atoms with Crippen LogP contribution in [0.5, 0.6) is 0 Å². The summed E-state index contributed by atoms with van der Waals surface area (Å²) in [6, 6.07) is -0.459. The highest BCUT2D eigenvalue weighted by Crippen LogP contribution is 2.37. The number of hydrogen-bond acceptors (Lipinski definition) is 3. The minimum atomic E-state index is -0.353. The maximum Gasteiger partial charge on any atom is 0.238 e. The average Bonchev–Trinajstić information content (AvgIpc) is 3.15. The van der Waals surface area contributed by atoms with Gasteiger partial charge in [0.05, 0.1) is 12.1 Å². The molecular weight excluding hydrogens is 266 g/mol. The Bertz CT molecular complexity index is 471. The molecule has 1 saturated carbocycles. The third-order valence-electron chi connectivity index (χ3n) is 5.23. The van der Waals surface area contributed by atoms with Crippen molar-refractivity contribution in [2.75, 3.05) is 13.1 Å². The predicted molar refractivity (Wildman–Crippen MR) is 79.1 cm³/mol. The van der Waals surface area contributed by atoms with Crippen molar-refractivity contribution in [2.45, 2.75) is 44.2 Å². The van der Waals surface area contributed by atoms with E-state index in [0.717, 1.165) is 19.4 Å². The molecule has 5 atom stereocenters. The van der Waals surface area contributed by atoms with E-state index >= 15 is 0 Å². The van der Waals surface area contributed by atoms with E-state index in [-0.39, 0.29) is 29.8 Å². The summed E-state index contributed by atoms with van der Waals surface area (Å²) in [5.74, 6) is 3.72. The Kier molecular flexibility index (Phi) is 4.16. The zero-order chi connectivity index (χ0) is 14.8. The Morgan fingerprint density at radius 1 is 1.43 bits per heavy atom. The van der Waals surface area contributed by atoms with Gasteiger partial charge in [-0.3, -0.25) is 9.59 Å². The molecule has 0 aromatic carbocycles. The summed E-state index contributed by atoms with van der Waals surface area (Å²) in [4.78, 5) is 24.1. The van der Waals surface area contributed by atoms with Crippen molar-refractivity contribution < 1.29 is 9.59 Å². The maximum atomic E-state index is 12.4. The summed E-state index contributed by atoms with van der Waals surface area (Å²) in [6.45, 7) is 1.65. The van der Waals surface area contributed by atoms with Gasteiger partial charge in [-0.2, -0.15) is 0 Å². The SMILES string of the molecule is C#CC(C[C@@H]1CCNC1=O)NC(=O)[C@H]1NC[C@@H]2CCC[C@@H]21. The van der Waals surface area contributed by atoms with Crippen molar-refractivity contribution in [2.24, 2.45) is 17.8 Å². The molecule has 2 heterocycles.